The molecule has 1 aliphatic heterocycles. The van der Waals surface area contributed by atoms with E-state index in [1.165, 1.54) is 16.7 Å². The van der Waals surface area contributed by atoms with Gasteiger partial charge in [0.25, 0.3) is 0 Å². The van der Waals surface area contributed by atoms with E-state index in [9.17, 15) is 9.59 Å². The van der Waals surface area contributed by atoms with Crippen LogP contribution in [-0.4, -0.2) is 52.9 Å². The second-order valence-electron chi connectivity index (χ2n) is 6.16. The smallest absolute Gasteiger partial charge is 0.410 e. The van der Waals surface area contributed by atoms with Gasteiger partial charge in [-0.15, -0.1) is 0 Å². The van der Waals surface area contributed by atoms with Crippen molar-refractivity contribution in [2.75, 3.05) is 19.4 Å². The van der Waals surface area contributed by atoms with Crippen molar-refractivity contribution in [3.8, 4) is 0 Å². The first-order chi connectivity index (χ1) is 13.0. The van der Waals surface area contributed by atoms with Crippen LogP contribution >= 0.6 is 24.0 Å². The molecule has 2 rings (SSSR count). The molecule has 0 saturated carbocycles. The summed E-state index contributed by atoms with van der Waals surface area (Å²) in [5.74, 6) is -0.429. The fourth-order valence-electron chi connectivity index (χ4n) is 2.71. The van der Waals surface area contributed by atoms with Crippen LogP contribution < -0.4 is 0 Å². The van der Waals surface area contributed by atoms with Crippen LogP contribution in [-0.2, 0) is 25.6 Å². The Hall–Kier alpha value is -1.80. The van der Waals surface area contributed by atoms with Crippen molar-refractivity contribution in [1.82, 2.24) is 4.90 Å². The van der Waals surface area contributed by atoms with Gasteiger partial charge in [0.2, 0.25) is 4.38 Å². The first-order valence-corrected chi connectivity index (χ1v) is 10.6. The van der Waals surface area contributed by atoms with Gasteiger partial charge in [-0.05, 0) is 30.5 Å². The van der Waals surface area contributed by atoms with Crippen LogP contribution in [0.15, 0.2) is 30.3 Å². The highest BCUT2D eigenvalue weighted by atomic mass is 32.2. The lowest BCUT2D eigenvalue weighted by Crippen LogP contribution is -2.41. The number of carbonyl (C=O) groups excluding carboxylic acids is 2. The standard InChI is InChI=1S/C19H25NO5S2/c1-3-4-10-23-17(21)16-11-15(25-19(26)27-2)12-20(16)18(22)24-13-14-8-6-5-7-9-14/h5-9,15-16H,3-4,10-13H2,1-2H3/t15-,16+/m1/s1. The van der Waals surface area contributed by atoms with Gasteiger partial charge in [0.15, 0.2) is 0 Å². The largest absolute Gasteiger partial charge is 0.473 e. The molecule has 0 N–H and O–H groups in total. The number of thiocarbonyl (C=S) groups is 1. The number of likely N-dealkylation sites (tertiary alicyclic amines) is 1. The second-order valence-corrected chi connectivity index (χ2v) is 7.57. The van der Waals surface area contributed by atoms with Gasteiger partial charge in [-0.3, -0.25) is 4.90 Å². The van der Waals surface area contributed by atoms with Crippen molar-refractivity contribution in [3.63, 3.8) is 0 Å². The van der Waals surface area contributed by atoms with Crippen molar-refractivity contribution in [3.05, 3.63) is 35.9 Å². The van der Waals surface area contributed by atoms with Crippen molar-refractivity contribution in [2.24, 2.45) is 0 Å². The third-order valence-electron chi connectivity index (χ3n) is 4.15. The van der Waals surface area contributed by atoms with Gasteiger partial charge in [0.1, 0.15) is 18.8 Å². The predicted molar refractivity (Wildman–Crippen MR) is 109 cm³/mol. The minimum absolute atomic E-state index is 0.141. The molecule has 27 heavy (non-hydrogen) atoms. The minimum atomic E-state index is -0.722. The summed E-state index contributed by atoms with van der Waals surface area (Å²) in [7, 11) is 0. The number of unbranched alkanes of at least 4 members (excludes halogenated alkanes) is 1. The van der Waals surface area contributed by atoms with Crippen LogP contribution in [0.25, 0.3) is 0 Å². The number of carbonyl (C=O) groups is 2. The summed E-state index contributed by atoms with van der Waals surface area (Å²) in [5.41, 5.74) is 0.878. The number of rotatable bonds is 7. The molecule has 0 aromatic heterocycles. The molecule has 1 saturated heterocycles. The number of amides is 1. The Morgan fingerprint density at radius 3 is 2.67 bits per heavy atom. The highest BCUT2D eigenvalue weighted by Crippen LogP contribution is 2.24. The van der Waals surface area contributed by atoms with E-state index in [1.807, 2.05) is 43.5 Å². The van der Waals surface area contributed by atoms with Gasteiger partial charge in [-0.1, -0.05) is 55.4 Å². The molecule has 1 aliphatic rings. The highest BCUT2D eigenvalue weighted by molar-refractivity contribution is 8.22. The predicted octanol–water partition coefficient (Wildman–Crippen LogP) is 3.77. The Labute approximate surface area is 169 Å². The van der Waals surface area contributed by atoms with Crippen LogP contribution in [0.5, 0.6) is 0 Å². The molecule has 8 heteroatoms. The molecule has 0 spiro atoms. The van der Waals surface area contributed by atoms with E-state index in [4.69, 9.17) is 26.4 Å². The van der Waals surface area contributed by atoms with Crippen LogP contribution in [0.2, 0.25) is 0 Å². The first-order valence-electron chi connectivity index (χ1n) is 8.93. The quantitative estimate of drug-likeness (QED) is 0.384. The Bertz CT molecular complexity index is 640. The summed E-state index contributed by atoms with van der Waals surface area (Å²) in [6.07, 6.45) is 2.96. The molecule has 6 nitrogen and oxygen atoms in total. The third kappa shape index (κ3) is 6.70. The summed E-state index contributed by atoms with van der Waals surface area (Å²) in [6.45, 7) is 2.74. The van der Waals surface area contributed by atoms with Crippen LogP contribution in [0.3, 0.4) is 0 Å². The number of benzene rings is 1. The van der Waals surface area contributed by atoms with E-state index in [0.29, 0.717) is 17.4 Å². The summed E-state index contributed by atoms with van der Waals surface area (Å²) >= 11 is 6.40. The minimum Gasteiger partial charge on any atom is -0.473 e. The maximum absolute atomic E-state index is 12.6. The molecule has 1 aromatic rings. The molecule has 2 atom stereocenters. The molecule has 1 aromatic carbocycles. The molecule has 0 unspecified atom stereocenters. The highest BCUT2D eigenvalue weighted by Gasteiger charge is 2.42. The maximum atomic E-state index is 12.6. The van der Waals surface area contributed by atoms with Crippen molar-refractivity contribution in [1.29, 1.82) is 0 Å². The Balaban J connectivity index is 1.99. The van der Waals surface area contributed by atoms with E-state index in [2.05, 4.69) is 0 Å². The van der Waals surface area contributed by atoms with E-state index in [1.54, 1.807) is 0 Å². The zero-order chi connectivity index (χ0) is 19.6. The average molecular weight is 412 g/mol. The number of thioether (sulfide) groups is 1. The summed E-state index contributed by atoms with van der Waals surface area (Å²) in [5, 5.41) is 0. The Morgan fingerprint density at radius 1 is 1.26 bits per heavy atom. The molecule has 0 bridgehead atoms. The van der Waals surface area contributed by atoms with Gasteiger partial charge in [-0.25, -0.2) is 9.59 Å². The van der Waals surface area contributed by atoms with Crippen LogP contribution in [0.4, 0.5) is 4.79 Å². The number of esters is 1. The zero-order valence-corrected chi connectivity index (χ0v) is 17.2. The number of hydrogen-bond donors (Lipinski definition) is 0. The van der Waals surface area contributed by atoms with Crippen molar-refractivity contribution < 1.29 is 23.8 Å². The van der Waals surface area contributed by atoms with Gasteiger partial charge >= 0.3 is 12.1 Å². The molecule has 0 aliphatic carbocycles. The Morgan fingerprint density at radius 2 is 2.00 bits per heavy atom. The second kappa shape index (κ2) is 11.1. The molecule has 1 fully saturated rings. The van der Waals surface area contributed by atoms with E-state index in [-0.39, 0.29) is 19.3 Å². The van der Waals surface area contributed by atoms with Gasteiger partial charge in [-0.2, -0.15) is 0 Å². The van der Waals surface area contributed by atoms with Gasteiger partial charge in [0.05, 0.1) is 13.2 Å². The number of nitrogens with zero attached hydrogens (tertiary/aromatic N) is 1. The van der Waals surface area contributed by atoms with E-state index < -0.39 is 18.1 Å². The SMILES string of the molecule is CCCCOC(=O)[C@@H]1C[C@@H](OC(=S)SC)CN1C(=O)OCc1ccccc1. The molecule has 1 heterocycles. The Kier molecular flexibility index (Phi) is 8.87. The van der Waals surface area contributed by atoms with Crippen LogP contribution in [0, 0.1) is 0 Å². The lowest BCUT2D eigenvalue weighted by molar-refractivity contribution is -0.148. The lowest BCUT2D eigenvalue weighted by Gasteiger charge is -2.22. The van der Waals surface area contributed by atoms with Crippen molar-refractivity contribution in [2.45, 2.75) is 44.9 Å². The fraction of sp³-hybridized carbons (Fsp3) is 0.526. The number of hydrogen-bond acceptors (Lipinski definition) is 7. The van der Waals surface area contributed by atoms with Crippen molar-refractivity contribution >= 4 is 40.4 Å². The van der Waals surface area contributed by atoms with Gasteiger partial charge in [0, 0.05) is 6.42 Å². The molecule has 0 radical (unpaired) electrons. The maximum Gasteiger partial charge on any atom is 0.410 e. The number of ether oxygens (including phenoxy) is 3. The fourth-order valence-corrected chi connectivity index (χ4v) is 3.08. The normalized spacial score (nSPS) is 18.8. The first kappa shape index (κ1) is 21.5. The summed E-state index contributed by atoms with van der Waals surface area (Å²) in [4.78, 5) is 26.4. The molecular formula is C19H25NO5S2. The zero-order valence-electron chi connectivity index (χ0n) is 15.6. The average Bonchev–Trinajstić information content (AvgIpc) is 3.11. The molecular weight excluding hydrogens is 386 g/mol. The van der Waals surface area contributed by atoms with E-state index in [0.717, 1.165) is 18.4 Å². The summed E-state index contributed by atoms with van der Waals surface area (Å²) < 4.78 is 16.7. The molecule has 1 amide bonds. The molecule has 148 valence electrons. The third-order valence-corrected chi connectivity index (χ3v) is 5.17. The van der Waals surface area contributed by atoms with Gasteiger partial charge < -0.3 is 14.2 Å². The monoisotopic (exact) mass is 411 g/mol. The van der Waals surface area contributed by atoms with Crippen LogP contribution in [0.1, 0.15) is 31.7 Å². The summed E-state index contributed by atoms with van der Waals surface area (Å²) in [6, 6.07) is 8.66. The van der Waals surface area contributed by atoms with E-state index >= 15 is 0 Å². The topological polar surface area (TPSA) is 65.1 Å². The lowest BCUT2D eigenvalue weighted by atomic mass is 10.2.